The van der Waals surface area contributed by atoms with E-state index in [1.54, 1.807) is 4.57 Å². The SMILES string of the molecule is Nc1nc(N)c2ncn([C@H]3CC[C@@H](COP(=O)(O)O[C@H]4C[C@H](n5cnc6c(N)ncnc65)O[C@@H]4CNS(=O)(=O)O)O3)c2n1. The van der Waals surface area contributed by atoms with Crippen molar-refractivity contribution in [3.63, 3.8) is 0 Å². The van der Waals surface area contributed by atoms with Crippen molar-refractivity contribution in [3.05, 3.63) is 19.0 Å². The summed E-state index contributed by atoms with van der Waals surface area (Å²) in [7, 11) is -9.33. The monoisotopic (exact) mass is 642 g/mol. The summed E-state index contributed by atoms with van der Waals surface area (Å²) in [5, 5.41) is 0. The fourth-order valence-electron chi connectivity index (χ4n) is 4.99. The minimum atomic E-state index is -4.73. The van der Waals surface area contributed by atoms with Crippen LogP contribution >= 0.6 is 7.82 Å². The number of imidazole rings is 2. The molecule has 1 unspecified atom stereocenters. The maximum absolute atomic E-state index is 13.0. The van der Waals surface area contributed by atoms with Gasteiger partial charge in [-0.1, -0.05) is 0 Å². The van der Waals surface area contributed by atoms with E-state index in [1.807, 2.05) is 4.72 Å². The number of fused-ring (bicyclic) bond motifs is 2. The highest BCUT2D eigenvalue weighted by Gasteiger charge is 2.43. The quantitative estimate of drug-likeness (QED) is 0.0917. The number of hydrogen-bond donors (Lipinski definition) is 6. The zero-order valence-electron chi connectivity index (χ0n) is 22.1. The third kappa shape index (κ3) is 6.23. The Kier molecular flexibility index (Phi) is 7.64. The third-order valence-electron chi connectivity index (χ3n) is 6.90. The summed E-state index contributed by atoms with van der Waals surface area (Å²) in [5.74, 6) is 0.232. The van der Waals surface area contributed by atoms with E-state index in [2.05, 4.69) is 29.9 Å². The average molecular weight is 643 g/mol. The maximum atomic E-state index is 13.0. The molecule has 0 saturated carbocycles. The van der Waals surface area contributed by atoms with Gasteiger partial charge in [0.15, 0.2) is 22.9 Å². The number of nitrogen functional groups attached to an aromatic ring is 3. The highest BCUT2D eigenvalue weighted by molar-refractivity contribution is 7.83. The molecule has 0 bridgehead atoms. The van der Waals surface area contributed by atoms with Gasteiger partial charge in [0.1, 0.15) is 42.0 Å². The van der Waals surface area contributed by atoms with Gasteiger partial charge in [-0.15, -0.1) is 0 Å². The Bertz CT molecular complexity index is 1820. The van der Waals surface area contributed by atoms with Crippen molar-refractivity contribution in [1.82, 2.24) is 43.8 Å². The molecule has 232 valence electrons. The second kappa shape index (κ2) is 11.2. The average Bonchev–Trinajstić information content (AvgIpc) is 3.71. The molecule has 0 spiro atoms. The van der Waals surface area contributed by atoms with Crippen molar-refractivity contribution in [2.75, 3.05) is 30.4 Å². The van der Waals surface area contributed by atoms with Gasteiger partial charge >= 0.3 is 18.1 Å². The first kappa shape index (κ1) is 29.5. The molecule has 9 N–H and O–H groups in total. The molecular weight excluding hydrogens is 615 g/mol. The van der Waals surface area contributed by atoms with Crippen LogP contribution in [0.5, 0.6) is 0 Å². The molecule has 43 heavy (non-hydrogen) atoms. The summed E-state index contributed by atoms with van der Waals surface area (Å²) in [5.41, 5.74) is 18.8. The number of ether oxygens (including phenoxy) is 2. The van der Waals surface area contributed by atoms with E-state index < -0.39 is 55.4 Å². The number of rotatable bonds is 10. The summed E-state index contributed by atoms with van der Waals surface area (Å²) in [6.45, 7) is -0.780. The lowest BCUT2D eigenvalue weighted by atomic mass is 10.2. The van der Waals surface area contributed by atoms with Crippen molar-refractivity contribution in [1.29, 1.82) is 0 Å². The second-order valence-corrected chi connectivity index (χ2v) is 12.4. The zero-order valence-corrected chi connectivity index (χ0v) is 23.8. The topological polar surface area (TPSA) is 306 Å². The van der Waals surface area contributed by atoms with Crippen molar-refractivity contribution < 1.29 is 41.0 Å². The van der Waals surface area contributed by atoms with Crippen LogP contribution in [0.4, 0.5) is 17.6 Å². The van der Waals surface area contributed by atoms with Gasteiger partial charge in [-0.2, -0.15) is 23.1 Å². The number of aromatic nitrogens is 8. The number of nitrogens with two attached hydrogens (primary N) is 3. The van der Waals surface area contributed by atoms with E-state index >= 15 is 0 Å². The summed E-state index contributed by atoms with van der Waals surface area (Å²) in [4.78, 5) is 35.0. The molecule has 6 rings (SSSR count). The number of phosphoric acid groups is 1. The van der Waals surface area contributed by atoms with Crippen LogP contribution in [0.15, 0.2) is 19.0 Å². The number of anilines is 3. The van der Waals surface area contributed by atoms with Crippen molar-refractivity contribution >= 4 is 58.0 Å². The van der Waals surface area contributed by atoms with Gasteiger partial charge in [-0.25, -0.2) is 24.5 Å². The lowest BCUT2D eigenvalue weighted by molar-refractivity contribution is -0.0314. The van der Waals surface area contributed by atoms with Crippen molar-refractivity contribution in [2.24, 2.45) is 0 Å². The first-order valence-electron chi connectivity index (χ1n) is 12.7. The van der Waals surface area contributed by atoms with Crippen LogP contribution < -0.4 is 21.9 Å². The molecule has 2 fully saturated rings. The second-order valence-electron chi connectivity index (χ2n) is 9.76. The van der Waals surface area contributed by atoms with E-state index in [4.69, 9.17) is 40.3 Å². The molecule has 0 amide bonds. The molecule has 4 aromatic heterocycles. The molecule has 6 heterocycles. The Balaban J connectivity index is 1.11. The van der Waals surface area contributed by atoms with E-state index in [9.17, 15) is 17.9 Å². The molecule has 0 aromatic carbocycles. The zero-order chi connectivity index (χ0) is 30.5. The Morgan fingerprint density at radius 1 is 1.00 bits per heavy atom. The first-order chi connectivity index (χ1) is 20.4. The highest BCUT2D eigenvalue weighted by Crippen LogP contribution is 2.49. The molecular formula is C20H27N12O9PS. The van der Waals surface area contributed by atoms with Crippen LogP contribution in [0.25, 0.3) is 22.3 Å². The minimum absolute atomic E-state index is 0.0233. The molecule has 0 aliphatic carbocycles. The number of nitrogens with zero attached hydrogens (tertiary/aromatic N) is 8. The lowest BCUT2D eigenvalue weighted by Crippen LogP contribution is -2.37. The van der Waals surface area contributed by atoms with Gasteiger partial charge in [0.05, 0.1) is 25.4 Å². The molecule has 2 aliphatic heterocycles. The van der Waals surface area contributed by atoms with Gasteiger partial charge < -0.3 is 31.6 Å². The number of phosphoric ester groups is 1. The fourth-order valence-corrected chi connectivity index (χ4v) is 6.35. The Morgan fingerprint density at radius 2 is 1.72 bits per heavy atom. The predicted octanol–water partition coefficient (Wildman–Crippen LogP) is -0.727. The Morgan fingerprint density at radius 3 is 2.47 bits per heavy atom. The van der Waals surface area contributed by atoms with Crippen LogP contribution in [0.1, 0.15) is 31.7 Å². The number of hydrogen-bond acceptors (Lipinski definition) is 16. The van der Waals surface area contributed by atoms with E-state index in [1.165, 1.54) is 23.5 Å². The van der Waals surface area contributed by atoms with Crippen LogP contribution in [0.2, 0.25) is 0 Å². The minimum Gasteiger partial charge on any atom is -0.382 e. The standard InChI is InChI=1S/C20H27N12O9PS/c21-16-14-18(25-6-24-16)32(8-26-14)13-3-10(11(40-13)4-28-43(35,36)37)41-42(33,34)38-5-9-1-2-12(39-9)31-7-27-15-17(22)29-20(23)30-19(15)31/h6-13,28H,1-5H2,(H,33,34)(H2,21,24,25)(H,35,36,37)(H4,22,23,29,30)/t9-,10-,11+,12+,13+/m0/s1. The van der Waals surface area contributed by atoms with Crippen molar-refractivity contribution in [3.8, 4) is 0 Å². The largest absolute Gasteiger partial charge is 0.472 e. The molecule has 2 saturated heterocycles. The molecule has 21 nitrogen and oxygen atoms in total. The maximum Gasteiger partial charge on any atom is 0.472 e. The van der Waals surface area contributed by atoms with Crippen molar-refractivity contribution in [2.45, 2.75) is 50.0 Å². The van der Waals surface area contributed by atoms with Crippen LogP contribution in [-0.4, -0.2) is 88.4 Å². The highest BCUT2D eigenvalue weighted by atomic mass is 32.2. The third-order valence-corrected chi connectivity index (χ3v) is 8.44. The summed E-state index contributed by atoms with van der Waals surface area (Å²) in [6, 6.07) is 0. The van der Waals surface area contributed by atoms with Gasteiger partial charge in [-0.05, 0) is 12.8 Å². The van der Waals surface area contributed by atoms with Gasteiger partial charge in [-0.3, -0.25) is 22.7 Å². The summed E-state index contributed by atoms with van der Waals surface area (Å²) in [6.07, 6.45) is 0.815. The van der Waals surface area contributed by atoms with Gasteiger partial charge in [0, 0.05) is 13.0 Å². The smallest absolute Gasteiger partial charge is 0.382 e. The van der Waals surface area contributed by atoms with Crippen LogP contribution in [0.3, 0.4) is 0 Å². The van der Waals surface area contributed by atoms with Gasteiger partial charge in [0.25, 0.3) is 0 Å². The Labute approximate surface area is 242 Å². The van der Waals surface area contributed by atoms with Gasteiger partial charge in [0.2, 0.25) is 5.95 Å². The van der Waals surface area contributed by atoms with E-state index in [-0.39, 0.29) is 30.6 Å². The molecule has 4 aromatic rings. The predicted molar refractivity (Wildman–Crippen MR) is 146 cm³/mol. The summed E-state index contributed by atoms with van der Waals surface area (Å²) >= 11 is 0. The van der Waals surface area contributed by atoms with E-state index in [0.29, 0.717) is 35.2 Å². The fraction of sp³-hybridized carbons (Fsp3) is 0.500. The normalized spacial score (nSPS) is 26.0. The number of nitrogens with one attached hydrogen (secondary N) is 1. The molecule has 23 heteroatoms. The Hall–Kier alpha value is -3.60. The van der Waals surface area contributed by atoms with E-state index in [0.717, 1.165) is 0 Å². The molecule has 0 radical (unpaired) electrons. The molecule has 2 aliphatic rings. The first-order valence-corrected chi connectivity index (χ1v) is 15.7. The van der Waals surface area contributed by atoms with Crippen LogP contribution in [-0.2, 0) is 33.4 Å². The summed E-state index contributed by atoms with van der Waals surface area (Å²) < 4.78 is 72.3. The van der Waals surface area contributed by atoms with Crippen LogP contribution in [0, 0.1) is 0 Å². The molecule has 6 atom stereocenters. The lowest BCUT2D eigenvalue weighted by Gasteiger charge is -2.22.